The topological polar surface area (TPSA) is 105 Å². The molecule has 1 aliphatic heterocycles. The van der Waals surface area contributed by atoms with Gasteiger partial charge in [-0.1, -0.05) is 31.7 Å². The van der Waals surface area contributed by atoms with Gasteiger partial charge in [-0.2, -0.15) is 5.26 Å². The Labute approximate surface area is 205 Å². The van der Waals surface area contributed by atoms with Crippen molar-refractivity contribution in [2.24, 2.45) is 0 Å². The standard InChI is InChI=1S/C26H22N2O5S.CH4/c27-15-17-4-8-20(9-5-17)32-24-3-1-2-22-23(24)12-13-25(22)33-21-10-6-18(7-11-21)19-14-26(29)28-34(30,31)16-19;/h1-11,19,25H,12-14,16H2,(H,28,29);1H4/t19?,25-;/m1./s1. The van der Waals surface area contributed by atoms with Crippen LogP contribution in [0.25, 0.3) is 0 Å². The molecule has 0 spiro atoms. The third-order valence-electron chi connectivity index (χ3n) is 6.14. The van der Waals surface area contributed by atoms with Gasteiger partial charge in [-0.05, 0) is 66.4 Å². The van der Waals surface area contributed by atoms with Crippen molar-refractivity contribution < 1.29 is 22.7 Å². The lowest BCUT2D eigenvalue weighted by Gasteiger charge is -2.23. The van der Waals surface area contributed by atoms with Gasteiger partial charge in [0.1, 0.15) is 23.4 Å². The first-order valence-electron chi connectivity index (χ1n) is 11.0. The van der Waals surface area contributed by atoms with Crippen molar-refractivity contribution in [3.8, 4) is 23.3 Å². The van der Waals surface area contributed by atoms with E-state index in [1.54, 1.807) is 24.3 Å². The Morgan fingerprint density at radius 3 is 2.37 bits per heavy atom. The average Bonchev–Trinajstić information content (AvgIpc) is 3.22. The molecule has 1 heterocycles. The number of ether oxygens (including phenoxy) is 2. The molecule has 7 nitrogen and oxygen atoms in total. The van der Waals surface area contributed by atoms with E-state index in [0.717, 1.165) is 35.3 Å². The number of nitrogens with one attached hydrogen (secondary N) is 1. The van der Waals surface area contributed by atoms with Crippen molar-refractivity contribution in [1.82, 2.24) is 4.72 Å². The predicted molar refractivity (Wildman–Crippen MR) is 132 cm³/mol. The van der Waals surface area contributed by atoms with Gasteiger partial charge in [-0.3, -0.25) is 9.52 Å². The van der Waals surface area contributed by atoms with E-state index in [4.69, 9.17) is 14.7 Å². The van der Waals surface area contributed by atoms with E-state index in [1.165, 1.54) is 0 Å². The molecule has 1 amide bonds. The average molecular weight is 491 g/mol. The number of carbonyl (C=O) groups excluding carboxylic acids is 1. The summed E-state index contributed by atoms with van der Waals surface area (Å²) in [6.07, 6.45) is 1.66. The number of fused-ring (bicyclic) bond motifs is 1. The molecule has 2 aliphatic rings. The Morgan fingerprint density at radius 2 is 1.69 bits per heavy atom. The molecule has 5 rings (SSSR count). The number of nitrogens with zero attached hydrogens (tertiary/aromatic N) is 1. The maximum atomic E-state index is 11.9. The summed E-state index contributed by atoms with van der Waals surface area (Å²) >= 11 is 0. The molecule has 1 saturated heterocycles. The van der Waals surface area contributed by atoms with Gasteiger partial charge in [0.25, 0.3) is 0 Å². The van der Waals surface area contributed by atoms with Crippen molar-refractivity contribution in [1.29, 1.82) is 5.26 Å². The SMILES string of the molecule is C.N#Cc1ccc(Oc2cccc3c2CC[C@H]3Oc2ccc(C3CC(=O)NS(=O)(=O)C3)cc2)cc1. The second-order valence-electron chi connectivity index (χ2n) is 8.48. The Morgan fingerprint density at radius 1 is 0.971 bits per heavy atom. The fourth-order valence-corrected chi connectivity index (χ4v) is 5.88. The van der Waals surface area contributed by atoms with Crippen molar-refractivity contribution >= 4 is 15.9 Å². The minimum atomic E-state index is -3.58. The first kappa shape index (κ1) is 24.3. The summed E-state index contributed by atoms with van der Waals surface area (Å²) in [5.41, 5.74) is 3.56. The molecule has 2 atom stereocenters. The molecule has 1 fully saturated rings. The second kappa shape index (κ2) is 9.80. The van der Waals surface area contributed by atoms with Crippen LogP contribution >= 0.6 is 0 Å². The molecule has 3 aromatic rings. The minimum absolute atomic E-state index is 0. The van der Waals surface area contributed by atoms with Gasteiger partial charge >= 0.3 is 0 Å². The van der Waals surface area contributed by atoms with Crippen LogP contribution in [0.5, 0.6) is 17.2 Å². The molecular formula is C27H26N2O5S. The predicted octanol–water partition coefficient (Wildman–Crippen LogP) is 4.99. The van der Waals surface area contributed by atoms with Crippen LogP contribution in [0.4, 0.5) is 0 Å². The zero-order valence-corrected chi connectivity index (χ0v) is 19.0. The summed E-state index contributed by atoms with van der Waals surface area (Å²) in [5.74, 6) is 1.20. The summed E-state index contributed by atoms with van der Waals surface area (Å²) < 4.78 is 38.1. The lowest BCUT2D eigenvalue weighted by Crippen LogP contribution is -2.40. The molecule has 180 valence electrons. The molecule has 1 aliphatic carbocycles. The van der Waals surface area contributed by atoms with Crippen LogP contribution in [-0.2, 0) is 21.2 Å². The highest BCUT2D eigenvalue weighted by molar-refractivity contribution is 7.90. The zero-order chi connectivity index (χ0) is 23.7. The number of hydrogen-bond acceptors (Lipinski definition) is 6. The molecule has 0 bridgehead atoms. The maximum Gasteiger partial charge on any atom is 0.235 e. The number of rotatable bonds is 5. The Balaban J connectivity index is 0.00000289. The molecule has 0 aromatic heterocycles. The number of benzene rings is 3. The Bertz CT molecular complexity index is 1380. The molecule has 0 saturated carbocycles. The summed E-state index contributed by atoms with van der Waals surface area (Å²) in [7, 11) is -3.58. The van der Waals surface area contributed by atoms with Gasteiger partial charge in [0.2, 0.25) is 15.9 Å². The molecule has 35 heavy (non-hydrogen) atoms. The van der Waals surface area contributed by atoms with Gasteiger partial charge in [0.05, 0.1) is 17.4 Å². The third-order valence-corrected chi connectivity index (χ3v) is 7.52. The van der Waals surface area contributed by atoms with Crippen LogP contribution < -0.4 is 14.2 Å². The highest BCUT2D eigenvalue weighted by atomic mass is 32.2. The van der Waals surface area contributed by atoms with E-state index < -0.39 is 15.9 Å². The number of sulfonamides is 1. The zero-order valence-electron chi connectivity index (χ0n) is 18.2. The highest BCUT2D eigenvalue weighted by Crippen LogP contribution is 2.41. The monoisotopic (exact) mass is 490 g/mol. The fraction of sp³-hybridized carbons (Fsp3) is 0.259. The van der Waals surface area contributed by atoms with Crippen LogP contribution in [-0.4, -0.2) is 20.1 Å². The largest absolute Gasteiger partial charge is 0.486 e. The molecule has 1 N–H and O–H groups in total. The van der Waals surface area contributed by atoms with Gasteiger partial charge in [0.15, 0.2) is 0 Å². The van der Waals surface area contributed by atoms with Crippen LogP contribution in [0.3, 0.4) is 0 Å². The summed E-state index contributed by atoms with van der Waals surface area (Å²) in [5, 5.41) is 8.96. The fourth-order valence-electron chi connectivity index (χ4n) is 4.53. The summed E-state index contributed by atoms with van der Waals surface area (Å²) in [6.45, 7) is 0. The van der Waals surface area contributed by atoms with E-state index >= 15 is 0 Å². The smallest absolute Gasteiger partial charge is 0.235 e. The van der Waals surface area contributed by atoms with Gasteiger partial charge in [-0.15, -0.1) is 0 Å². The number of amides is 1. The lowest BCUT2D eigenvalue weighted by molar-refractivity contribution is -0.119. The van der Waals surface area contributed by atoms with E-state index in [9.17, 15) is 13.2 Å². The van der Waals surface area contributed by atoms with Crippen molar-refractivity contribution in [3.05, 3.63) is 89.0 Å². The first-order chi connectivity index (χ1) is 16.4. The van der Waals surface area contributed by atoms with Crippen LogP contribution in [0, 0.1) is 11.3 Å². The van der Waals surface area contributed by atoms with E-state index in [-0.39, 0.29) is 31.6 Å². The number of hydrogen-bond donors (Lipinski definition) is 1. The number of carbonyl (C=O) groups is 1. The minimum Gasteiger partial charge on any atom is -0.486 e. The molecule has 3 aromatic carbocycles. The maximum absolute atomic E-state index is 11.9. The van der Waals surface area contributed by atoms with E-state index in [0.29, 0.717) is 17.1 Å². The van der Waals surface area contributed by atoms with Crippen LogP contribution in [0.15, 0.2) is 66.7 Å². The van der Waals surface area contributed by atoms with E-state index in [2.05, 4.69) is 6.07 Å². The second-order valence-corrected chi connectivity index (χ2v) is 10.3. The summed E-state index contributed by atoms with van der Waals surface area (Å²) in [4.78, 5) is 11.7. The Hall–Kier alpha value is -3.83. The van der Waals surface area contributed by atoms with Crippen molar-refractivity contribution in [2.45, 2.75) is 38.7 Å². The molecule has 1 unspecified atom stereocenters. The van der Waals surface area contributed by atoms with Gasteiger partial charge in [-0.25, -0.2) is 8.42 Å². The van der Waals surface area contributed by atoms with Crippen molar-refractivity contribution in [3.63, 3.8) is 0 Å². The third kappa shape index (κ3) is 5.31. The first-order valence-corrected chi connectivity index (χ1v) is 12.7. The highest BCUT2D eigenvalue weighted by Gasteiger charge is 2.31. The molecule has 8 heteroatoms. The van der Waals surface area contributed by atoms with Crippen molar-refractivity contribution in [2.75, 3.05) is 5.75 Å². The Kier molecular flexibility index (Phi) is 6.81. The van der Waals surface area contributed by atoms with Crippen LogP contribution in [0.2, 0.25) is 0 Å². The molecular weight excluding hydrogens is 464 g/mol. The number of nitriles is 1. The normalized spacial score (nSPS) is 20.0. The van der Waals surface area contributed by atoms with Gasteiger partial charge < -0.3 is 9.47 Å². The van der Waals surface area contributed by atoms with E-state index in [1.807, 2.05) is 47.2 Å². The lowest BCUT2D eigenvalue weighted by atomic mass is 9.97. The van der Waals surface area contributed by atoms with Crippen LogP contribution in [0.1, 0.15) is 54.5 Å². The summed E-state index contributed by atoms with van der Waals surface area (Å²) in [6, 6.07) is 22.3. The molecule has 0 radical (unpaired) electrons. The van der Waals surface area contributed by atoms with Gasteiger partial charge in [0, 0.05) is 17.9 Å². The quantitative estimate of drug-likeness (QED) is 0.540.